The summed E-state index contributed by atoms with van der Waals surface area (Å²) < 4.78 is -1.49. The van der Waals surface area contributed by atoms with E-state index >= 15 is 0 Å². The minimum absolute atomic E-state index is 0. The second-order valence-electron chi connectivity index (χ2n) is 5.84. The van der Waals surface area contributed by atoms with E-state index in [0.29, 0.717) is 24.1 Å². The van der Waals surface area contributed by atoms with Crippen LogP contribution in [0.15, 0.2) is 71.2 Å². The van der Waals surface area contributed by atoms with E-state index in [0.717, 1.165) is 0 Å². The van der Waals surface area contributed by atoms with Gasteiger partial charge in [-0.2, -0.15) is 0 Å². The van der Waals surface area contributed by atoms with Gasteiger partial charge < -0.3 is 15.3 Å². The Morgan fingerprint density at radius 1 is 0.933 bits per heavy atom. The average molecular weight is 517 g/mol. The Balaban J connectivity index is 0.00000105. The molecule has 5 nitrogen and oxygen atoms in total. The number of nitrogens with zero attached hydrogens (tertiary/aromatic N) is 2. The summed E-state index contributed by atoms with van der Waals surface area (Å²) in [4.78, 5) is 8.81. The first-order valence-electron chi connectivity index (χ1n) is 8.64. The number of aliphatic hydroxyl groups is 1. The summed E-state index contributed by atoms with van der Waals surface area (Å²) in [5.41, 5.74) is 1.35. The predicted octanol–water partition coefficient (Wildman–Crippen LogP) is 4.93. The molecule has 2 rings (SSSR count). The van der Waals surface area contributed by atoms with Crippen LogP contribution in [0.25, 0.3) is 0 Å². The van der Waals surface area contributed by atoms with Crippen LogP contribution in [-0.2, 0) is 16.8 Å². The second-order valence-corrected chi connectivity index (χ2v) is 8.36. The summed E-state index contributed by atoms with van der Waals surface area (Å²) in [5.74, 6) is 0.403. The number of phenols is 2. The number of aromatic hydroxyl groups is 2. The summed E-state index contributed by atoms with van der Waals surface area (Å²) in [6, 6.07) is 14.0. The quantitative estimate of drug-likeness (QED) is 0.277. The SMILES string of the molecule is C=CCC(CN=Cc1ccccc1O)N=Cc1ccccc1O.OCC(Cl)(Cl)Cl.[Co]. The molecule has 0 amide bonds. The van der Waals surface area contributed by atoms with Crippen molar-refractivity contribution in [2.24, 2.45) is 9.98 Å². The average Bonchev–Trinajstić information content (AvgIpc) is 2.68. The maximum Gasteiger partial charge on any atom is 0.213 e. The third kappa shape index (κ3) is 12.2. The van der Waals surface area contributed by atoms with Gasteiger partial charge in [-0.15, -0.1) is 6.58 Å². The van der Waals surface area contributed by atoms with Crippen LogP contribution in [-0.4, -0.2) is 50.7 Å². The van der Waals surface area contributed by atoms with Gasteiger partial charge in [-0.3, -0.25) is 9.98 Å². The summed E-state index contributed by atoms with van der Waals surface area (Å²) >= 11 is 15.0. The first-order valence-corrected chi connectivity index (χ1v) is 9.77. The van der Waals surface area contributed by atoms with Crippen molar-refractivity contribution in [1.29, 1.82) is 0 Å². The van der Waals surface area contributed by atoms with Crippen LogP contribution in [0.3, 0.4) is 0 Å². The smallest absolute Gasteiger partial charge is 0.213 e. The molecule has 0 aliphatic rings. The van der Waals surface area contributed by atoms with E-state index < -0.39 is 10.4 Å². The zero-order chi connectivity index (χ0) is 21.7. The fourth-order valence-corrected chi connectivity index (χ4v) is 2.03. The zero-order valence-electron chi connectivity index (χ0n) is 16.0. The molecule has 165 valence electrons. The van der Waals surface area contributed by atoms with Gasteiger partial charge in [0.05, 0.1) is 19.2 Å². The van der Waals surface area contributed by atoms with Gasteiger partial charge >= 0.3 is 0 Å². The zero-order valence-corrected chi connectivity index (χ0v) is 19.3. The van der Waals surface area contributed by atoms with Gasteiger partial charge in [-0.25, -0.2) is 0 Å². The molecule has 1 unspecified atom stereocenters. The molecule has 0 bridgehead atoms. The van der Waals surface area contributed by atoms with Crippen molar-refractivity contribution in [3.63, 3.8) is 0 Å². The maximum absolute atomic E-state index is 9.74. The van der Waals surface area contributed by atoms with E-state index in [9.17, 15) is 10.2 Å². The molecule has 0 saturated carbocycles. The van der Waals surface area contributed by atoms with Crippen molar-refractivity contribution in [1.82, 2.24) is 0 Å². The number of benzene rings is 2. The van der Waals surface area contributed by atoms with Crippen molar-refractivity contribution in [2.45, 2.75) is 16.3 Å². The Morgan fingerprint density at radius 3 is 1.83 bits per heavy atom. The van der Waals surface area contributed by atoms with E-state index in [1.54, 1.807) is 54.9 Å². The third-order valence-corrected chi connectivity index (χ3v) is 3.82. The molecular weight excluding hydrogens is 494 g/mol. The van der Waals surface area contributed by atoms with Crippen LogP contribution in [0.4, 0.5) is 0 Å². The molecule has 0 aliphatic carbocycles. The molecule has 2 aromatic rings. The summed E-state index contributed by atoms with van der Waals surface area (Å²) in [6.07, 6.45) is 5.77. The van der Waals surface area contributed by atoms with Crippen molar-refractivity contribution in [3.8, 4) is 11.5 Å². The van der Waals surface area contributed by atoms with Crippen LogP contribution in [0.1, 0.15) is 17.5 Å². The number of hydrogen-bond donors (Lipinski definition) is 3. The van der Waals surface area contributed by atoms with Gasteiger partial charge in [0.1, 0.15) is 11.5 Å². The predicted molar refractivity (Wildman–Crippen MR) is 122 cm³/mol. The first-order chi connectivity index (χ1) is 13.8. The fourth-order valence-electron chi connectivity index (χ4n) is 2.03. The Kier molecular flexibility index (Phi) is 14.5. The molecule has 0 aliphatic heterocycles. The molecule has 0 saturated heterocycles. The summed E-state index contributed by atoms with van der Waals surface area (Å²) in [5, 5.41) is 27.4. The molecule has 0 aromatic heterocycles. The third-order valence-electron chi connectivity index (χ3n) is 3.46. The number of alkyl halides is 3. The van der Waals surface area contributed by atoms with Gasteiger partial charge in [0.25, 0.3) is 0 Å². The largest absolute Gasteiger partial charge is 0.507 e. The number of para-hydroxylation sites is 2. The van der Waals surface area contributed by atoms with Crippen molar-refractivity contribution in [2.75, 3.05) is 13.2 Å². The molecule has 0 fully saturated rings. The Morgan fingerprint density at radius 2 is 1.40 bits per heavy atom. The van der Waals surface area contributed by atoms with E-state index in [1.807, 2.05) is 12.1 Å². The number of aliphatic imine (C=N–C) groups is 2. The molecular formula is C21H23Cl3CoN2O3. The molecule has 1 radical (unpaired) electrons. The first kappa shape index (κ1) is 28.5. The van der Waals surface area contributed by atoms with Gasteiger partial charge in [-0.1, -0.05) is 65.1 Å². The Hall–Kier alpha value is -1.54. The van der Waals surface area contributed by atoms with E-state index in [4.69, 9.17) is 39.9 Å². The van der Waals surface area contributed by atoms with Crippen LogP contribution >= 0.6 is 34.8 Å². The van der Waals surface area contributed by atoms with Gasteiger partial charge in [0.15, 0.2) is 0 Å². The standard InChI is InChI=1S/C19H20N2O2.C2H3Cl3O.Co/c1-2-7-17(21-13-16-9-4-6-11-19(16)23)14-20-12-15-8-3-5-10-18(15)22;3-2(4,5)1-6;/h2-6,8-13,17,22-23H,1,7,14H2;6H,1H2;. The molecule has 9 heteroatoms. The molecule has 3 N–H and O–H groups in total. The summed E-state index contributed by atoms with van der Waals surface area (Å²) in [6.45, 7) is 3.78. The van der Waals surface area contributed by atoms with Gasteiger partial charge in [-0.05, 0) is 30.7 Å². The molecule has 0 heterocycles. The monoisotopic (exact) mass is 515 g/mol. The Labute approximate surface area is 201 Å². The number of hydrogen-bond acceptors (Lipinski definition) is 5. The molecule has 2 aromatic carbocycles. The van der Waals surface area contributed by atoms with Crippen LogP contribution in [0.2, 0.25) is 0 Å². The topological polar surface area (TPSA) is 85.4 Å². The second kappa shape index (κ2) is 15.3. The van der Waals surface area contributed by atoms with Crippen molar-refractivity contribution in [3.05, 3.63) is 72.3 Å². The van der Waals surface area contributed by atoms with Gasteiger partial charge in [0.2, 0.25) is 3.79 Å². The molecule has 1 atom stereocenters. The van der Waals surface area contributed by atoms with Gasteiger partial charge in [0, 0.05) is 40.3 Å². The molecule has 30 heavy (non-hydrogen) atoms. The molecule has 0 spiro atoms. The minimum Gasteiger partial charge on any atom is -0.507 e. The van der Waals surface area contributed by atoms with Crippen molar-refractivity contribution >= 4 is 47.2 Å². The van der Waals surface area contributed by atoms with Crippen molar-refractivity contribution < 1.29 is 32.1 Å². The van der Waals surface area contributed by atoms with E-state index in [2.05, 4.69) is 16.6 Å². The van der Waals surface area contributed by atoms with Crippen LogP contribution < -0.4 is 0 Å². The maximum atomic E-state index is 9.74. The number of phenolic OH excluding ortho intramolecular Hbond substituents is 2. The van der Waals surface area contributed by atoms with Crippen LogP contribution in [0.5, 0.6) is 11.5 Å². The Bertz CT molecular complexity index is 827. The summed E-state index contributed by atoms with van der Waals surface area (Å²) in [7, 11) is 0. The number of halogens is 3. The minimum atomic E-state index is -1.49. The van der Waals surface area contributed by atoms with E-state index in [1.165, 1.54) is 0 Å². The van der Waals surface area contributed by atoms with Crippen LogP contribution in [0, 0.1) is 0 Å². The fraction of sp³-hybridized carbons (Fsp3) is 0.238. The number of rotatable bonds is 7. The number of aliphatic hydroxyl groups excluding tert-OH is 1. The normalized spacial score (nSPS) is 12.1. The van der Waals surface area contributed by atoms with E-state index in [-0.39, 0.29) is 34.3 Å².